The van der Waals surface area contributed by atoms with E-state index in [0.29, 0.717) is 6.54 Å². The van der Waals surface area contributed by atoms with Gasteiger partial charge in [-0.05, 0) is 54.8 Å². The maximum atomic E-state index is 5.43. The number of nitrogens with one attached hydrogen (secondary N) is 2. The lowest BCUT2D eigenvalue weighted by Gasteiger charge is -2.16. The Morgan fingerprint density at radius 1 is 1.07 bits per heavy atom. The van der Waals surface area contributed by atoms with Crippen LogP contribution in [-0.4, -0.2) is 33.4 Å². The molecular formula is C21H28N4O2. The van der Waals surface area contributed by atoms with Gasteiger partial charge in [-0.25, -0.2) is 4.99 Å². The third-order valence-electron chi connectivity index (χ3n) is 4.49. The van der Waals surface area contributed by atoms with Crippen LogP contribution in [0.5, 0.6) is 11.5 Å². The smallest absolute Gasteiger partial charge is 0.231 e. The zero-order chi connectivity index (χ0) is 19.2. The molecule has 0 atom stereocenters. The molecule has 1 heterocycles. The fraction of sp³-hybridized carbons (Fsp3) is 0.381. The molecule has 1 aliphatic rings. The number of hydrogen-bond donors (Lipinski definition) is 2. The number of ether oxygens (including phenoxy) is 2. The molecular weight excluding hydrogens is 340 g/mol. The van der Waals surface area contributed by atoms with Gasteiger partial charge in [-0.1, -0.05) is 12.1 Å². The van der Waals surface area contributed by atoms with E-state index in [1.807, 2.05) is 18.2 Å². The van der Waals surface area contributed by atoms with Crippen LogP contribution in [0.2, 0.25) is 0 Å². The first kappa shape index (κ1) is 18.9. The van der Waals surface area contributed by atoms with Crippen LogP contribution in [0.4, 0.5) is 5.69 Å². The number of aliphatic imine (C=N–C) groups is 1. The van der Waals surface area contributed by atoms with Crippen molar-refractivity contribution in [1.29, 1.82) is 0 Å². The van der Waals surface area contributed by atoms with Crippen molar-refractivity contribution in [2.45, 2.75) is 26.9 Å². The highest BCUT2D eigenvalue weighted by Gasteiger charge is 2.13. The van der Waals surface area contributed by atoms with Crippen LogP contribution in [0.15, 0.2) is 41.4 Å². The van der Waals surface area contributed by atoms with E-state index in [1.165, 1.54) is 16.8 Å². The highest BCUT2D eigenvalue weighted by molar-refractivity contribution is 5.79. The minimum absolute atomic E-state index is 0.290. The fourth-order valence-electron chi connectivity index (χ4n) is 2.89. The number of guanidine groups is 1. The van der Waals surface area contributed by atoms with E-state index >= 15 is 0 Å². The van der Waals surface area contributed by atoms with Gasteiger partial charge in [0.2, 0.25) is 6.79 Å². The van der Waals surface area contributed by atoms with Gasteiger partial charge in [0.1, 0.15) is 0 Å². The molecule has 6 heteroatoms. The summed E-state index contributed by atoms with van der Waals surface area (Å²) in [5.41, 5.74) is 4.82. The zero-order valence-electron chi connectivity index (χ0n) is 16.5. The molecule has 6 nitrogen and oxygen atoms in total. The molecule has 0 aliphatic carbocycles. The summed E-state index contributed by atoms with van der Waals surface area (Å²) in [5.74, 6) is 2.38. The Bertz CT molecular complexity index is 818. The Morgan fingerprint density at radius 3 is 2.63 bits per heavy atom. The van der Waals surface area contributed by atoms with E-state index < -0.39 is 0 Å². The summed E-state index contributed by atoms with van der Waals surface area (Å²) in [6.07, 6.45) is 0. The number of anilines is 1. The second-order valence-corrected chi connectivity index (χ2v) is 6.74. The highest BCUT2D eigenvalue weighted by Crippen LogP contribution is 2.32. The molecule has 0 bridgehead atoms. The standard InChI is InChI=1S/C21H28N4O2/c1-5-22-21(23-12-16-6-9-19-20(11-16)27-14-26-19)24-13-17-7-8-18(25(3)4)10-15(17)2/h6-11H,5,12-14H2,1-4H3,(H2,22,23,24). The number of fused-ring (bicyclic) bond motifs is 1. The first-order valence-electron chi connectivity index (χ1n) is 9.24. The summed E-state index contributed by atoms with van der Waals surface area (Å²) < 4.78 is 10.8. The van der Waals surface area contributed by atoms with E-state index in [0.717, 1.165) is 36.1 Å². The third kappa shape index (κ3) is 4.84. The van der Waals surface area contributed by atoms with E-state index in [-0.39, 0.29) is 6.79 Å². The number of aryl methyl sites for hydroxylation is 1. The summed E-state index contributed by atoms with van der Waals surface area (Å²) in [4.78, 5) is 6.80. The largest absolute Gasteiger partial charge is 0.454 e. The molecule has 2 aromatic carbocycles. The van der Waals surface area contributed by atoms with Crippen molar-refractivity contribution in [2.75, 3.05) is 32.3 Å². The molecule has 0 radical (unpaired) electrons. The molecule has 144 valence electrons. The van der Waals surface area contributed by atoms with Crippen LogP contribution in [0.1, 0.15) is 23.6 Å². The Balaban J connectivity index is 1.64. The predicted molar refractivity (Wildman–Crippen MR) is 110 cm³/mol. The lowest BCUT2D eigenvalue weighted by Crippen LogP contribution is -2.37. The molecule has 0 amide bonds. The van der Waals surface area contributed by atoms with E-state index in [9.17, 15) is 0 Å². The quantitative estimate of drug-likeness (QED) is 0.606. The average molecular weight is 368 g/mol. The minimum atomic E-state index is 0.290. The summed E-state index contributed by atoms with van der Waals surface area (Å²) in [6, 6.07) is 12.4. The number of nitrogens with zero attached hydrogens (tertiary/aromatic N) is 2. The lowest BCUT2D eigenvalue weighted by molar-refractivity contribution is 0.174. The molecule has 2 aromatic rings. The van der Waals surface area contributed by atoms with Gasteiger partial charge in [0.25, 0.3) is 0 Å². The van der Waals surface area contributed by atoms with Gasteiger partial charge < -0.3 is 25.0 Å². The first-order chi connectivity index (χ1) is 13.1. The normalized spacial score (nSPS) is 12.8. The SMILES string of the molecule is CCNC(=NCc1ccc2c(c1)OCO2)NCc1ccc(N(C)C)cc1C. The maximum Gasteiger partial charge on any atom is 0.231 e. The fourth-order valence-corrected chi connectivity index (χ4v) is 2.89. The second kappa shape index (κ2) is 8.66. The van der Waals surface area contributed by atoms with Gasteiger partial charge in [0.15, 0.2) is 17.5 Å². The molecule has 0 unspecified atom stereocenters. The van der Waals surface area contributed by atoms with Crippen molar-refractivity contribution in [2.24, 2.45) is 4.99 Å². The van der Waals surface area contributed by atoms with Crippen LogP contribution < -0.4 is 25.0 Å². The molecule has 0 saturated carbocycles. The van der Waals surface area contributed by atoms with Gasteiger partial charge in [0.05, 0.1) is 6.54 Å². The molecule has 0 saturated heterocycles. The van der Waals surface area contributed by atoms with Crippen molar-refractivity contribution in [3.8, 4) is 11.5 Å². The van der Waals surface area contributed by atoms with Gasteiger partial charge in [0, 0.05) is 32.9 Å². The molecule has 0 fully saturated rings. The van der Waals surface area contributed by atoms with Gasteiger partial charge >= 0.3 is 0 Å². The Morgan fingerprint density at radius 2 is 1.89 bits per heavy atom. The number of benzene rings is 2. The van der Waals surface area contributed by atoms with Crippen molar-refractivity contribution in [3.63, 3.8) is 0 Å². The number of rotatable bonds is 6. The van der Waals surface area contributed by atoms with Crippen LogP contribution in [0.25, 0.3) is 0 Å². The van der Waals surface area contributed by atoms with Crippen molar-refractivity contribution >= 4 is 11.6 Å². The Labute approximate surface area is 161 Å². The maximum absolute atomic E-state index is 5.43. The van der Waals surface area contributed by atoms with Crippen molar-refractivity contribution in [1.82, 2.24) is 10.6 Å². The molecule has 1 aliphatic heterocycles. The van der Waals surface area contributed by atoms with E-state index in [2.05, 4.69) is 66.7 Å². The zero-order valence-corrected chi connectivity index (χ0v) is 16.5. The van der Waals surface area contributed by atoms with Crippen LogP contribution in [0.3, 0.4) is 0 Å². The summed E-state index contributed by atoms with van der Waals surface area (Å²) in [5, 5.41) is 6.72. The van der Waals surface area contributed by atoms with Crippen molar-refractivity contribution < 1.29 is 9.47 Å². The molecule has 0 spiro atoms. The van der Waals surface area contributed by atoms with Gasteiger partial charge in [-0.3, -0.25) is 0 Å². The average Bonchev–Trinajstić information content (AvgIpc) is 3.12. The minimum Gasteiger partial charge on any atom is -0.454 e. The van der Waals surface area contributed by atoms with Gasteiger partial charge in [-0.15, -0.1) is 0 Å². The summed E-state index contributed by atoms with van der Waals surface area (Å²) in [7, 11) is 4.11. The van der Waals surface area contributed by atoms with Crippen LogP contribution >= 0.6 is 0 Å². The summed E-state index contributed by atoms with van der Waals surface area (Å²) in [6.45, 7) is 6.61. The topological polar surface area (TPSA) is 58.1 Å². The molecule has 3 rings (SSSR count). The van der Waals surface area contributed by atoms with Crippen molar-refractivity contribution in [3.05, 3.63) is 53.1 Å². The van der Waals surface area contributed by atoms with Gasteiger partial charge in [-0.2, -0.15) is 0 Å². The third-order valence-corrected chi connectivity index (χ3v) is 4.49. The highest BCUT2D eigenvalue weighted by atomic mass is 16.7. The Hall–Kier alpha value is -2.89. The summed E-state index contributed by atoms with van der Waals surface area (Å²) >= 11 is 0. The Kier molecular flexibility index (Phi) is 6.06. The monoisotopic (exact) mass is 368 g/mol. The van der Waals surface area contributed by atoms with E-state index in [1.54, 1.807) is 0 Å². The first-order valence-corrected chi connectivity index (χ1v) is 9.24. The van der Waals surface area contributed by atoms with Crippen LogP contribution in [0, 0.1) is 6.92 Å². The predicted octanol–water partition coefficient (Wildman–Crippen LogP) is 3.05. The van der Waals surface area contributed by atoms with E-state index in [4.69, 9.17) is 9.47 Å². The second-order valence-electron chi connectivity index (χ2n) is 6.74. The van der Waals surface area contributed by atoms with Crippen LogP contribution in [-0.2, 0) is 13.1 Å². The molecule has 27 heavy (non-hydrogen) atoms. The molecule has 2 N–H and O–H groups in total. The number of hydrogen-bond acceptors (Lipinski definition) is 4. The molecule has 0 aromatic heterocycles. The lowest BCUT2D eigenvalue weighted by atomic mass is 10.1.